The van der Waals surface area contributed by atoms with Gasteiger partial charge in [-0.25, -0.2) is 0 Å². The van der Waals surface area contributed by atoms with Gasteiger partial charge >= 0.3 is 0 Å². The molecule has 0 spiro atoms. The maximum atomic E-state index is 12.0. The first-order valence-corrected chi connectivity index (χ1v) is 6.87. The van der Waals surface area contributed by atoms with Gasteiger partial charge in [0.15, 0.2) is 0 Å². The van der Waals surface area contributed by atoms with Gasteiger partial charge in [0, 0.05) is 12.1 Å². The highest BCUT2D eigenvalue weighted by molar-refractivity contribution is 5.94. The Hall–Kier alpha value is -1.35. The molecule has 0 radical (unpaired) electrons. The quantitative estimate of drug-likeness (QED) is 0.853. The molecule has 0 aromatic heterocycles. The number of benzene rings is 1. The predicted molar refractivity (Wildman–Crippen MR) is 73.7 cm³/mol. The van der Waals surface area contributed by atoms with Crippen LogP contribution in [0.1, 0.15) is 35.7 Å². The zero-order valence-electron chi connectivity index (χ0n) is 11.0. The van der Waals surface area contributed by atoms with Gasteiger partial charge in [-0.3, -0.25) is 4.79 Å². The first kappa shape index (κ1) is 13.1. The first-order chi connectivity index (χ1) is 8.79. The Morgan fingerprint density at radius 1 is 1.39 bits per heavy atom. The van der Waals surface area contributed by atoms with E-state index in [0.717, 1.165) is 31.6 Å². The second kappa shape index (κ2) is 6.55. The van der Waals surface area contributed by atoms with Gasteiger partial charge in [-0.15, -0.1) is 0 Å². The van der Waals surface area contributed by atoms with Crippen molar-refractivity contribution in [2.45, 2.75) is 26.2 Å². The Bertz CT molecular complexity index is 380. The second-order valence-corrected chi connectivity index (χ2v) is 4.97. The average molecular weight is 246 g/mol. The first-order valence-electron chi connectivity index (χ1n) is 6.87. The maximum Gasteiger partial charge on any atom is 0.251 e. The summed E-state index contributed by atoms with van der Waals surface area (Å²) >= 11 is 0. The summed E-state index contributed by atoms with van der Waals surface area (Å²) < 4.78 is 0. The lowest BCUT2D eigenvalue weighted by atomic mass is 9.99. The highest BCUT2D eigenvalue weighted by Crippen LogP contribution is 2.09. The number of carbonyl (C=O) groups excluding carboxylic acids is 1. The molecule has 1 fully saturated rings. The lowest BCUT2D eigenvalue weighted by Gasteiger charge is -2.22. The topological polar surface area (TPSA) is 41.1 Å². The number of aryl methyl sites for hydroxylation is 1. The summed E-state index contributed by atoms with van der Waals surface area (Å²) in [6.07, 6.45) is 3.43. The van der Waals surface area contributed by atoms with Gasteiger partial charge in [0.05, 0.1) is 0 Å². The SMILES string of the molecule is CCc1ccc(C(=O)NCC2CCCNC2)cc1. The lowest BCUT2D eigenvalue weighted by Crippen LogP contribution is -2.38. The van der Waals surface area contributed by atoms with Gasteiger partial charge in [-0.05, 0) is 56.0 Å². The van der Waals surface area contributed by atoms with Crippen LogP contribution in [-0.4, -0.2) is 25.5 Å². The van der Waals surface area contributed by atoms with Gasteiger partial charge in [0.1, 0.15) is 0 Å². The smallest absolute Gasteiger partial charge is 0.251 e. The van der Waals surface area contributed by atoms with E-state index >= 15 is 0 Å². The number of nitrogens with one attached hydrogen (secondary N) is 2. The fourth-order valence-corrected chi connectivity index (χ4v) is 2.33. The van der Waals surface area contributed by atoms with Crippen molar-refractivity contribution in [1.82, 2.24) is 10.6 Å². The number of piperidine rings is 1. The molecule has 1 aliphatic rings. The van der Waals surface area contributed by atoms with Gasteiger partial charge < -0.3 is 10.6 Å². The van der Waals surface area contributed by atoms with E-state index in [0.29, 0.717) is 5.92 Å². The molecule has 3 heteroatoms. The molecule has 0 saturated carbocycles. The van der Waals surface area contributed by atoms with E-state index < -0.39 is 0 Å². The van der Waals surface area contributed by atoms with Crippen molar-refractivity contribution in [3.05, 3.63) is 35.4 Å². The normalized spacial score (nSPS) is 19.5. The van der Waals surface area contributed by atoms with E-state index in [2.05, 4.69) is 17.6 Å². The number of hydrogen-bond acceptors (Lipinski definition) is 2. The summed E-state index contributed by atoms with van der Waals surface area (Å²) in [4.78, 5) is 12.0. The zero-order chi connectivity index (χ0) is 12.8. The van der Waals surface area contributed by atoms with Crippen LogP contribution >= 0.6 is 0 Å². The molecule has 1 aliphatic heterocycles. The fourth-order valence-electron chi connectivity index (χ4n) is 2.33. The van der Waals surface area contributed by atoms with Gasteiger partial charge in [-0.1, -0.05) is 19.1 Å². The summed E-state index contributed by atoms with van der Waals surface area (Å²) in [5.41, 5.74) is 2.03. The largest absolute Gasteiger partial charge is 0.352 e. The number of hydrogen-bond donors (Lipinski definition) is 2. The molecular formula is C15H22N2O. The van der Waals surface area contributed by atoms with Crippen LogP contribution in [0, 0.1) is 5.92 Å². The third kappa shape index (κ3) is 3.57. The Morgan fingerprint density at radius 3 is 2.78 bits per heavy atom. The molecule has 1 amide bonds. The van der Waals surface area contributed by atoms with Crippen molar-refractivity contribution < 1.29 is 4.79 Å². The number of amides is 1. The summed E-state index contributed by atoms with van der Waals surface area (Å²) in [6.45, 7) is 5.03. The molecule has 1 heterocycles. The average Bonchev–Trinajstić information content (AvgIpc) is 2.46. The Morgan fingerprint density at radius 2 is 2.17 bits per heavy atom. The van der Waals surface area contributed by atoms with Gasteiger partial charge in [-0.2, -0.15) is 0 Å². The highest BCUT2D eigenvalue weighted by atomic mass is 16.1. The molecule has 0 aliphatic carbocycles. The molecule has 3 nitrogen and oxygen atoms in total. The predicted octanol–water partition coefficient (Wildman–Crippen LogP) is 1.98. The van der Waals surface area contributed by atoms with E-state index in [1.54, 1.807) is 0 Å². The summed E-state index contributed by atoms with van der Waals surface area (Å²) in [5.74, 6) is 0.626. The third-order valence-corrected chi connectivity index (χ3v) is 3.57. The monoisotopic (exact) mass is 246 g/mol. The van der Waals surface area contributed by atoms with Gasteiger partial charge in [0.25, 0.3) is 5.91 Å². The Kier molecular flexibility index (Phi) is 4.76. The van der Waals surface area contributed by atoms with E-state index in [1.165, 1.54) is 18.4 Å². The minimum Gasteiger partial charge on any atom is -0.352 e. The fraction of sp³-hybridized carbons (Fsp3) is 0.533. The van der Waals surface area contributed by atoms with Crippen molar-refractivity contribution in [3.63, 3.8) is 0 Å². The third-order valence-electron chi connectivity index (χ3n) is 3.57. The molecule has 2 rings (SSSR count). The molecule has 1 unspecified atom stereocenters. The van der Waals surface area contributed by atoms with E-state index in [1.807, 2.05) is 24.3 Å². The van der Waals surface area contributed by atoms with Gasteiger partial charge in [0.2, 0.25) is 0 Å². The zero-order valence-corrected chi connectivity index (χ0v) is 11.0. The summed E-state index contributed by atoms with van der Waals surface area (Å²) in [7, 11) is 0. The molecular weight excluding hydrogens is 224 g/mol. The summed E-state index contributed by atoms with van der Waals surface area (Å²) in [6, 6.07) is 7.87. The Labute approximate surface area is 109 Å². The van der Waals surface area contributed by atoms with Crippen molar-refractivity contribution in [2.75, 3.05) is 19.6 Å². The van der Waals surface area contributed by atoms with Crippen LogP contribution in [0.3, 0.4) is 0 Å². The van der Waals surface area contributed by atoms with E-state index in [4.69, 9.17) is 0 Å². The molecule has 1 aromatic rings. The van der Waals surface area contributed by atoms with Crippen molar-refractivity contribution >= 4 is 5.91 Å². The molecule has 98 valence electrons. The molecule has 1 aromatic carbocycles. The molecule has 1 saturated heterocycles. The molecule has 1 atom stereocenters. The van der Waals surface area contributed by atoms with Crippen LogP contribution < -0.4 is 10.6 Å². The Balaban J connectivity index is 1.82. The van der Waals surface area contributed by atoms with Crippen LogP contribution in [0.5, 0.6) is 0 Å². The van der Waals surface area contributed by atoms with Crippen LogP contribution in [0.25, 0.3) is 0 Å². The minimum absolute atomic E-state index is 0.0447. The maximum absolute atomic E-state index is 12.0. The van der Waals surface area contributed by atoms with Crippen LogP contribution in [0.2, 0.25) is 0 Å². The lowest BCUT2D eigenvalue weighted by molar-refractivity contribution is 0.0945. The van der Waals surface area contributed by atoms with Crippen LogP contribution in [0.15, 0.2) is 24.3 Å². The number of carbonyl (C=O) groups is 1. The highest BCUT2D eigenvalue weighted by Gasteiger charge is 2.14. The van der Waals surface area contributed by atoms with Crippen LogP contribution in [-0.2, 0) is 6.42 Å². The standard InChI is InChI=1S/C15H22N2O/c1-2-12-5-7-14(8-6-12)15(18)17-11-13-4-3-9-16-10-13/h5-8,13,16H,2-4,9-11H2,1H3,(H,17,18). The van der Waals surface area contributed by atoms with Crippen LogP contribution in [0.4, 0.5) is 0 Å². The van der Waals surface area contributed by atoms with Crippen molar-refractivity contribution in [2.24, 2.45) is 5.92 Å². The summed E-state index contributed by atoms with van der Waals surface area (Å²) in [5, 5.41) is 6.39. The van der Waals surface area contributed by atoms with E-state index in [9.17, 15) is 4.79 Å². The van der Waals surface area contributed by atoms with Crippen molar-refractivity contribution in [1.29, 1.82) is 0 Å². The molecule has 18 heavy (non-hydrogen) atoms. The minimum atomic E-state index is 0.0447. The second-order valence-electron chi connectivity index (χ2n) is 4.97. The molecule has 0 bridgehead atoms. The van der Waals surface area contributed by atoms with E-state index in [-0.39, 0.29) is 5.91 Å². The van der Waals surface area contributed by atoms with Crippen molar-refractivity contribution in [3.8, 4) is 0 Å². The number of rotatable bonds is 4. The molecule has 2 N–H and O–H groups in total.